The van der Waals surface area contributed by atoms with Crippen molar-refractivity contribution in [1.82, 2.24) is 9.34 Å². The van der Waals surface area contributed by atoms with E-state index in [0.29, 0.717) is 0 Å². The predicted octanol–water partition coefficient (Wildman–Crippen LogP) is 1.27. The molecule has 0 aromatic heterocycles. The molecule has 0 saturated heterocycles. The number of nitrogens with zero attached hydrogens (tertiary/aromatic N) is 2. The molecule has 0 rings (SSSR count). The van der Waals surface area contributed by atoms with Gasteiger partial charge in [-0.1, -0.05) is 0 Å². The van der Waals surface area contributed by atoms with Crippen molar-refractivity contribution in [3.05, 3.63) is 0 Å². The molecule has 0 radical (unpaired) electrons. The fraction of sp³-hybridized carbons (Fsp3) is 0.800. The van der Waals surface area contributed by atoms with Gasteiger partial charge in [-0.05, 0) is 34.5 Å². The number of halogens is 1. The molecule has 9 heavy (non-hydrogen) atoms. The monoisotopic (exact) mass is 152 g/mol. The minimum absolute atomic E-state index is 1.52. The second-order valence-electron chi connectivity index (χ2n) is 2.34. The zero-order chi connectivity index (χ0) is 7.65. The molecule has 0 aromatic rings. The first-order valence-electron chi connectivity index (χ1n) is 2.67. The third-order valence-corrected chi connectivity index (χ3v) is 3.68. The van der Waals surface area contributed by atoms with Gasteiger partial charge in [0.05, 0.1) is 0 Å². The molecule has 0 N–H and O–H groups in total. The summed E-state index contributed by atoms with van der Waals surface area (Å²) in [5.41, 5.74) is 0. The van der Waals surface area contributed by atoms with E-state index in [2.05, 4.69) is 6.30 Å². The maximum Gasteiger partial charge on any atom is 0.176 e. The largest absolute Gasteiger partial charge is 0.254 e. The van der Waals surface area contributed by atoms with Gasteiger partial charge in [0.25, 0.3) is 0 Å². The Hall–Kier alpha value is 0.150. The van der Waals surface area contributed by atoms with Crippen LogP contribution in [0.15, 0.2) is 0 Å². The molecule has 4 heteroatoms. The van der Waals surface area contributed by atoms with Gasteiger partial charge in [-0.15, -0.1) is 0 Å². The average Bonchev–Trinajstić information content (AvgIpc) is 1.65. The Labute approximate surface area is 56.5 Å². The van der Waals surface area contributed by atoms with Crippen LogP contribution >= 0.6 is 7.50 Å². The van der Waals surface area contributed by atoms with Crippen molar-refractivity contribution < 1.29 is 4.20 Å². The van der Waals surface area contributed by atoms with Crippen molar-refractivity contribution >= 4 is 13.8 Å². The van der Waals surface area contributed by atoms with Gasteiger partial charge >= 0.3 is 0 Å². The lowest BCUT2D eigenvalue weighted by molar-refractivity contribution is 0.514. The molecule has 0 aliphatic rings. The maximum atomic E-state index is 13.2. The smallest absolute Gasteiger partial charge is 0.176 e. The standard InChI is InChI=1S/C5H14FN2P/c1-7(2)9(5,6)8(3)4/h5H2,1-4H3. The number of hydrogen-bond acceptors (Lipinski definition) is 2. The van der Waals surface area contributed by atoms with Crippen molar-refractivity contribution in [3.63, 3.8) is 0 Å². The van der Waals surface area contributed by atoms with Crippen LogP contribution < -0.4 is 0 Å². The van der Waals surface area contributed by atoms with Crippen LogP contribution in [0.1, 0.15) is 0 Å². The topological polar surface area (TPSA) is 6.48 Å². The summed E-state index contributed by atoms with van der Waals surface area (Å²) >= 11 is 0. The summed E-state index contributed by atoms with van der Waals surface area (Å²) < 4.78 is 16.2. The van der Waals surface area contributed by atoms with E-state index in [1.54, 1.807) is 28.2 Å². The highest BCUT2D eigenvalue weighted by atomic mass is 31.2. The van der Waals surface area contributed by atoms with Gasteiger partial charge in [-0.3, -0.25) is 9.34 Å². The lowest BCUT2D eigenvalue weighted by Crippen LogP contribution is -2.17. The Morgan fingerprint density at radius 3 is 1.33 bits per heavy atom. The Morgan fingerprint density at radius 1 is 1.11 bits per heavy atom. The van der Waals surface area contributed by atoms with E-state index in [1.165, 1.54) is 9.34 Å². The van der Waals surface area contributed by atoms with Crippen LogP contribution in [0.4, 0.5) is 4.20 Å². The van der Waals surface area contributed by atoms with E-state index >= 15 is 0 Å². The lowest BCUT2D eigenvalue weighted by atomic mass is 11.3. The summed E-state index contributed by atoms with van der Waals surface area (Å²) in [5.74, 6) is 0. The molecule has 0 fully saturated rings. The summed E-state index contributed by atoms with van der Waals surface area (Å²) in [6.07, 6.45) is 3.47. The van der Waals surface area contributed by atoms with E-state index in [-0.39, 0.29) is 0 Å². The molecule has 0 heterocycles. The third-order valence-electron chi connectivity index (χ3n) is 1.23. The molecule has 56 valence electrons. The first-order chi connectivity index (χ1) is 3.89. The van der Waals surface area contributed by atoms with Gasteiger partial charge < -0.3 is 0 Å². The van der Waals surface area contributed by atoms with Crippen LogP contribution in [0.25, 0.3) is 0 Å². The minimum atomic E-state index is -2.67. The molecule has 0 atom stereocenters. The Kier molecular flexibility index (Phi) is 2.87. The number of rotatable bonds is 2. The minimum Gasteiger partial charge on any atom is -0.254 e. The zero-order valence-corrected chi connectivity index (χ0v) is 7.32. The molecule has 0 unspecified atom stereocenters. The molecule has 0 amide bonds. The first kappa shape index (κ1) is 9.15. The van der Waals surface area contributed by atoms with Crippen LogP contribution in [0, 0.1) is 0 Å². The molecular weight excluding hydrogens is 138 g/mol. The Morgan fingerprint density at radius 2 is 1.33 bits per heavy atom. The second kappa shape index (κ2) is 2.82. The van der Waals surface area contributed by atoms with Crippen molar-refractivity contribution in [2.75, 3.05) is 28.2 Å². The van der Waals surface area contributed by atoms with Gasteiger partial charge in [0.15, 0.2) is 7.50 Å². The van der Waals surface area contributed by atoms with E-state index < -0.39 is 7.50 Å². The highest BCUT2D eigenvalue weighted by Gasteiger charge is 2.17. The average molecular weight is 152 g/mol. The normalized spacial score (nSPS) is 13.2. The maximum absolute atomic E-state index is 13.2. The van der Waals surface area contributed by atoms with E-state index in [0.717, 1.165) is 0 Å². The molecule has 0 spiro atoms. The van der Waals surface area contributed by atoms with Gasteiger partial charge in [0.2, 0.25) is 0 Å². The Balaban J connectivity index is 4.21. The van der Waals surface area contributed by atoms with Crippen LogP contribution in [0.5, 0.6) is 0 Å². The summed E-state index contributed by atoms with van der Waals surface area (Å²) in [7, 11) is 4.11. The van der Waals surface area contributed by atoms with Crippen LogP contribution in [0.2, 0.25) is 0 Å². The summed E-state index contributed by atoms with van der Waals surface area (Å²) in [4.78, 5) is 0. The lowest BCUT2D eigenvalue weighted by Gasteiger charge is -2.28. The van der Waals surface area contributed by atoms with Gasteiger partial charge in [-0.2, -0.15) is 4.20 Å². The van der Waals surface area contributed by atoms with E-state index in [9.17, 15) is 4.20 Å². The van der Waals surface area contributed by atoms with Crippen molar-refractivity contribution in [2.45, 2.75) is 0 Å². The van der Waals surface area contributed by atoms with E-state index in [1.807, 2.05) is 0 Å². The summed E-state index contributed by atoms with van der Waals surface area (Å²) in [6.45, 7) is 0. The van der Waals surface area contributed by atoms with Crippen LogP contribution in [0.3, 0.4) is 0 Å². The zero-order valence-electron chi connectivity index (χ0n) is 6.43. The van der Waals surface area contributed by atoms with Crippen molar-refractivity contribution in [2.24, 2.45) is 0 Å². The fourth-order valence-electron chi connectivity index (χ4n) is 0.358. The quantitative estimate of drug-likeness (QED) is 0.550. The SMILES string of the molecule is C=P(F)(N(C)C)N(C)C. The molecular formula is C5H14FN2P. The summed E-state index contributed by atoms with van der Waals surface area (Å²) in [5, 5.41) is 0. The predicted molar refractivity (Wildman–Crippen MR) is 42.5 cm³/mol. The molecule has 0 bridgehead atoms. The highest BCUT2D eigenvalue weighted by Crippen LogP contribution is 2.49. The third kappa shape index (κ3) is 2.09. The molecule has 0 aliphatic heterocycles. The van der Waals surface area contributed by atoms with Gasteiger partial charge in [-0.25, -0.2) is 0 Å². The first-order valence-corrected chi connectivity index (χ1v) is 4.44. The van der Waals surface area contributed by atoms with Crippen LogP contribution in [-0.4, -0.2) is 43.8 Å². The summed E-state index contributed by atoms with van der Waals surface area (Å²) in [6, 6.07) is 0. The molecule has 0 saturated carbocycles. The molecule has 0 aromatic carbocycles. The van der Waals surface area contributed by atoms with Gasteiger partial charge in [0.1, 0.15) is 0 Å². The fourth-order valence-corrected chi connectivity index (χ4v) is 1.07. The molecule has 0 aliphatic carbocycles. The van der Waals surface area contributed by atoms with E-state index in [4.69, 9.17) is 0 Å². The highest BCUT2D eigenvalue weighted by molar-refractivity contribution is 7.64. The van der Waals surface area contributed by atoms with Crippen molar-refractivity contribution in [3.8, 4) is 0 Å². The molecule has 2 nitrogen and oxygen atoms in total. The second-order valence-corrected chi connectivity index (χ2v) is 5.22. The van der Waals surface area contributed by atoms with Gasteiger partial charge in [0, 0.05) is 0 Å². The number of hydrogen-bond donors (Lipinski definition) is 0. The van der Waals surface area contributed by atoms with Crippen molar-refractivity contribution in [1.29, 1.82) is 0 Å². The van der Waals surface area contributed by atoms with Crippen LogP contribution in [-0.2, 0) is 0 Å². The Bertz CT molecular complexity index is 121.